The van der Waals surface area contributed by atoms with Gasteiger partial charge in [0.1, 0.15) is 5.82 Å². The van der Waals surface area contributed by atoms with Crippen LogP contribution in [0.5, 0.6) is 0 Å². The maximum Gasteiger partial charge on any atom is 0.253 e. The minimum atomic E-state index is -0.385. The highest BCUT2D eigenvalue weighted by Gasteiger charge is 2.22. The standard InChI is InChI=1S/C17H27FN2O3.ClH/c1-17(2,11-19)12-20(3)16(21)13-5-6-15(18)14(9-13)10-23-8-7-22-4;/h5-6,9H,7-8,10-12,19H2,1-4H3;1H. The monoisotopic (exact) mass is 362 g/mol. The molecule has 2 N–H and O–H groups in total. The van der Waals surface area contributed by atoms with E-state index in [1.165, 1.54) is 18.2 Å². The van der Waals surface area contributed by atoms with E-state index in [0.717, 1.165) is 0 Å². The van der Waals surface area contributed by atoms with Gasteiger partial charge in [0.25, 0.3) is 5.91 Å². The molecule has 0 heterocycles. The highest BCUT2D eigenvalue weighted by atomic mass is 35.5. The number of halogens is 2. The molecule has 0 spiro atoms. The summed E-state index contributed by atoms with van der Waals surface area (Å²) < 4.78 is 24.0. The number of methoxy groups -OCH3 is 1. The van der Waals surface area contributed by atoms with Gasteiger partial charge in [0.2, 0.25) is 0 Å². The number of hydrogen-bond donors (Lipinski definition) is 1. The molecule has 1 amide bonds. The van der Waals surface area contributed by atoms with Crippen molar-refractivity contribution in [1.82, 2.24) is 4.90 Å². The van der Waals surface area contributed by atoms with Crippen molar-refractivity contribution in [2.24, 2.45) is 11.1 Å². The van der Waals surface area contributed by atoms with Crippen molar-refractivity contribution in [2.45, 2.75) is 20.5 Å². The molecule has 1 aromatic rings. The molecule has 0 saturated heterocycles. The Labute approximate surface area is 149 Å². The fourth-order valence-corrected chi connectivity index (χ4v) is 2.14. The van der Waals surface area contributed by atoms with Gasteiger partial charge < -0.3 is 20.1 Å². The van der Waals surface area contributed by atoms with Crippen LogP contribution in [0.2, 0.25) is 0 Å². The first-order valence-corrected chi connectivity index (χ1v) is 7.61. The van der Waals surface area contributed by atoms with Crippen molar-refractivity contribution in [2.75, 3.05) is 40.5 Å². The lowest BCUT2D eigenvalue weighted by Crippen LogP contribution is -2.39. The Morgan fingerprint density at radius 3 is 2.58 bits per heavy atom. The molecule has 0 aliphatic heterocycles. The molecule has 0 fully saturated rings. The van der Waals surface area contributed by atoms with Crippen molar-refractivity contribution in [3.63, 3.8) is 0 Å². The van der Waals surface area contributed by atoms with Crippen LogP contribution in [0, 0.1) is 11.2 Å². The van der Waals surface area contributed by atoms with Crippen LogP contribution in [-0.4, -0.2) is 51.3 Å². The van der Waals surface area contributed by atoms with Gasteiger partial charge in [-0.05, 0) is 30.2 Å². The second kappa shape index (κ2) is 10.6. The Balaban J connectivity index is 0.00000529. The third kappa shape index (κ3) is 7.13. The van der Waals surface area contributed by atoms with Gasteiger partial charge in [-0.3, -0.25) is 4.79 Å². The van der Waals surface area contributed by atoms with E-state index in [9.17, 15) is 9.18 Å². The van der Waals surface area contributed by atoms with E-state index in [1.807, 2.05) is 13.8 Å². The van der Waals surface area contributed by atoms with Crippen LogP contribution in [0.1, 0.15) is 29.8 Å². The van der Waals surface area contributed by atoms with E-state index in [-0.39, 0.29) is 36.2 Å². The number of ether oxygens (including phenoxy) is 2. The van der Waals surface area contributed by atoms with E-state index < -0.39 is 0 Å². The molecule has 0 unspecified atom stereocenters. The van der Waals surface area contributed by atoms with Crippen LogP contribution in [0.25, 0.3) is 0 Å². The second-order valence-electron chi connectivity index (χ2n) is 6.38. The molecule has 0 saturated carbocycles. The van der Waals surface area contributed by atoms with Crippen molar-refractivity contribution in [1.29, 1.82) is 0 Å². The van der Waals surface area contributed by atoms with Crippen molar-refractivity contribution >= 4 is 18.3 Å². The molecule has 138 valence electrons. The first-order valence-electron chi connectivity index (χ1n) is 7.61. The molecule has 1 rings (SSSR count). The largest absolute Gasteiger partial charge is 0.382 e. The van der Waals surface area contributed by atoms with E-state index in [4.69, 9.17) is 15.2 Å². The van der Waals surface area contributed by atoms with E-state index >= 15 is 0 Å². The quantitative estimate of drug-likeness (QED) is 0.685. The number of carbonyl (C=O) groups is 1. The number of benzene rings is 1. The van der Waals surface area contributed by atoms with Crippen LogP contribution < -0.4 is 5.73 Å². The van der Waals surface area contributed by atoms with Gasteiger partial charge >= 0.3 is 0 Å². The van der Waals surface area contributed by atoms with E-state index in [0.29, 0.717) is 37.4 Å². The van der Waals surface area contributed by atoms with Crippen molar-refractivity contribution in [3.05, 3.63) is 35.1 Å². The minimum Gasteiger partial charge on any atom is -0.382 e. The molecule has 24 heavy (non-hydrogen) atoms. The summed E-state index contributed by atoms with van der Waals surface area (Å²) in [5.41, 5.74) is 6.33. The Hall–Kier alpha value is -1.21. The first kappa shape index (κ1) is 22.8. The van der Waals surface area contributed by atoms with Gasteiger partial charge in [0.15, 0.2) is 0 Å². The number of amides is 1. The summed E-state index contributed by atoms with van der Waals surface area (Å²) in [5.74, 6) is -0.548. The Morgan fingerprint density at radius 1 is 1.33 bits per heavy atom. The zero-order valence-corrected chi connectivity index (χ0v) is 15.6. The summed E-state index contributed by atoms with van der Waals surface area (Å²) in [6, 6.07) is 4.32. The Bertz CT molecular complexity index is 527. The van der Waals surface area contributed by atoms with Crippen LogP contribution in [-0.2, 0) is 16.1 Å². The Kier molecular flexibility index (Phi) is 10.1. The number of rotatable bonds is 9. The van der Waals surface area contributed by atoms with Gasteiger partial charge in [-0.2, -0.15) is 0 Å². The normalized spacial score (nSPS) is 11.1. The van der Waals surface area contributed by atoms with Crippen molar-refractivity contribution in [3.8, 4) is 0 Å². The average Bonchev–Trinajstić information content (AvgIpc) is 2.52. The molecule has 5 nitrogen and oxygen atoms in total. The number of carbonyl (C=O) groups excluding carboxylic acids is 1. The maximum atomic E-state index is 13.8. The summed E-state index contributed by atoms with van der Waals surface area (Å²) >= 11 is 0. The van der Waals surface area contributed by atoms with Crippen molar-refractivity contribution < 1.29 is 18.7 Å². The minimum absolute atomic E-state index is 0. The molecule has 0 aliphatic rings. The second-order valence-corrected chi connectivity index (χ2v) is 6.38. The first-order chi connectivity index (χ1) is 10.8. The SMILES string of the molecule is COCCOCc1cc(C(=O)N(C)CC(C)(C)CN)ccc1F.Cl. The zero-order valence-electron chi connectivity index (χ0n) is 14.8. The molecule has 0 aromatic heterocycles. The van der Waals surface area contributed by atoms with Crippen LogP contribution in [0.3, 0.4) is 0 Å². The zero-order chi connectivity index (χ0) is 17.5. The summed E-state index contributed by atoms with van der Waals surface area (Å²) in [5, 5.41) is 0. The van der Waals surface area contributed by atoms with Gasteiger partial charge in [-0.25, -0.2) is 4.39 Å². The van der Waals surface area contributed by atoms with Crippen LogP contribution >= 0.6 is 12.4 Å². The highest BCUT2D eigenvalue weighted by molar-refractivity contribution is 5.94. The summed E-state index contributed by atoms with van der Waals surface area (Å²) in [7, 11) is 3.29. The number of nitrogens with two attached hydrogens (primary N) is 1. The fraction of sp³-hybridized carbons (Fsp3) is 0.588. The topological polar surface area (TPSA) is 64.8 Å². The van der Waals surface area contributed by atoms with E-state index in [2.05, 4.69) is 0 Å². The number of hydrogen-bond acceptors (Lipinski definition) is 4. The molecule has 0 atom stereocenters. The summed E-state index contributed by atoms with van der Waals surface area (Å²) in [6.07, 6.45) is 0. The molecule has 0 aliphatic carbocycles. The summed E-state index contributed by atoms with van der Waals surface area (Å²) in [4.78, 5) is 14.1. The Morgan fingerprint density at radius 2 is 2.00 bits per heavy atom. The van der Waals surface area contributed by atoms with Crippen LogP contribution in [0.4, 0.5) is 4.39 Å². The van der Waals surface area contributed by atoms with Gasteiger partial charge in [-0.15, -0.1) is 12.4 Å². The summed E-state index contributed by atoms with van der Waals surface area (Å²) in [6.45, 7) is 5.92. The molecule has 1 aromatic carbocycles. The molecule has 0 bridgehead atoms. The van der Waals surface area contributed by atoms with Gasteiger partial charge in [-0.1, -0.05) is 13.8 Å². The molecular formula is C17H28ClFN2O3. The van der Waals surface area contributed by atoms with Gasteiger partial charge in [0.05, 0.1) is 19.8 Å². The van der Waals surface area contributed by atoms with Gasteiger partial charge in [0, 0.05) is 31.8 Å². The molecular weight excluding hydrogens is 335 g/mol. The van der Waals surface area contributed by atoms with Crippen LogP contribution in [0.15, 0.2) is 18.2 Å². The van der Waals surface area contributed by atoms with E-state index in [1.54, 1.807) is 19.1 Å². The highest BCUT2D eigenvalue weighted by Crippen LogP contribution is 2.17. The lowest BCUT2D eigenvalue weighted by Gasteiger charge is -2.29. The predicted octanol–water partition coefficient (Wildman–Crippen LogP) is 2.47. The average molecular weight is 363 g/mol. The third-order valence-electron chi connectivity index (χ3n) is 3.55. The maximum absolute atomic E-state index is 13.8. The lowest BCUT2D eigenvalue weighted by molar-refractivity contribution is 0.0602. The lowest BCUT2D eigenvalue weighted by atomic mass is 9.93. The molecule has 7 heteroatoms. The predicted molar refractivity (Wildman–Crippen MR) is 95.0 cm³/mol. The smallest absolute Gasteiger partial charge is 0.253 e. The third-order valence-corrected chi connectivity index (χ3v) is 3.55. The molecule has 0 radical (unpaired) electrons. The fourth-order valence-electron chi connectivity index (χ4n) is 2.14. The number of nitrogens with zero attached hydrogens (tertiary/aromatic N) is 1.